The molecule has 1 aromatic heterocycles. The van der Waals surface area contributed by atoms with E-state index in [1.165, 1.54) is 11.1 Å². The molecular formula is C15H22N4. The number of nitrogens with zero attached hydrogens (tertiary/aromatic N) is 3. The Morgan fingerprint density at radius 2 is 1.95 bits per heavy atom. The number of hydrogen-bond donors (Lipinski definition) is 1. The average Bonchev–Trinajstić information content (AvgIpc) is 2.88. The summed E-state index contributed by atoms with van der Waals surface area (Å²) in [6.07, 6.45) is 2.89. The maximum Gasteiger partial charge on any atom is 0.0885 e. The van der Waals surface area contributed by atoms with Gasteiger partial charge >= 0.3 is 0 Å². The lowest BCUT2D eigenvalue weighted by Gasteiger charge is -2.13. The van der Waals surface area contributed by atoms with Crippen molar-refractivity contribution in [1.29, 1.82) is 0 Å². The molecule has 0 bridgehead atoms. The monoisotopic (exact) mass is 258 g/mol. The van der Waals surface area contributed by atoms with E-state index in [-0.39, 0.29) is 0 Å². The first-order valence-corrected chi connectivity index (χ1v) is 6.98. The summed E-state index contributed by atoms with van der Waals surface area (Å²) >= 11 is 0. The second-order valence-corrected chi connectivity index (χ2v) is 4.74. The van der Waals surface area contributed by atoms with Gasteiger partial charge in [-0.25, -0.2) is 4.68 Å². The molecule has 0 aliphatic rings. The van der Waals surface area contributed by atoms with Gasteiger partial charge in [0, 0.05) is 18.2 Å². The fourth-order valence-electron chi connectivity index (χ4n) is 2.22. The Bertz CT molecular complexity index is 501. The van der Waals surface area contributed by atoms with Gasteiger partial charge in [-0.2, -0.15) is 0 Å². The van der Waals surface area contributed by atoms with Crippen LogP contribution < -0.4 is 5.32 Å². The lowest BCUT2D eigenvalue weighted by molar-refractivity contribution is 0.584. The van der Waals surface area contributed by atoms with Gasteiger partial charge in [0.15, 0.2) is 0 Å². The molecule has 19 heavy (non-hydrogen) atoms. The molecule has 0 saturated carbocycles. The third kappa shape index (κ3) is 3.20. The number of rotatable bonds is 6. The van der Waals surface area contributed by atoms with E-state index < -0.39 is 0 Å². The molecule has 1 N–H and O–H groups in total. The van der Waals surface area contributed by atoms with Gasteiger partial charge in [0.25, 0.3) is 0 Å². The van der Waals surface area contributed by atoms with Crippen LogP contribution in [0.25, 0.3) is 11.3 Å². The Kier molecular flexibility index (Phi) is 4.68. The summed E-state index contributed by atoms with van der Waals surface area (Å²) in [5, 5.41) is 11.5. The lowest BCUT2D eigenvalue weighted by Crippen LogP contribution is -2.17. The van der Waals surface area contributed by atoms with Gasteiger partial charge in [-0.1, -0.05) is 43.3 Å². The molecule has 1 heterocycles. The second-order valence-electron chi connectivity index (χ2n) is 4.74. The van der Waals surface area contributed by atoms with Crippen molar-refractivity contribution < 1.29 is 0 Å². The normalized spacial score (nSPS) is 12.6. The van der Waals surface area contributed by atoms with Crippen molar-refractivity contribution >= 4 is 0 Å². The summed E-state index contributed by atoms with van der Waals surface area (Å²) in [6.45, 7) is 8.34. The third-order valence-electron chi connectivity index (χ3n) is 3.27. The highest BCUT2D eigenvalue weighted by Crippen LogP contribution is 2.21. The van der Waals surface area contributed by atoms with Gasteiger partial charge in [-0.3, -0.25) is 0 Å². The number of nitrogens with one attached hydrogen (secondary N) is 1. The zero-order valence-electron chi connectivity index (χ0n) is 11.9. The number of aromatic nitrogens is 3. The quantitative estimate of drug-likeness (QED) is 0.866. The van der Waals surface area contributed by atoms with Gasteiger partial charge in [0.1, 0.15) is 0 Å². The van der Waals surface area contributed by atoms with Crippen LogP contribution in [0, 0.1) is 0 Å². The molecular weight excluding hydrogens is 236 g/mol. The van der Waals surface area contributed by atoms with Crippen molar-refractivity contribution in [1.82, 2.24) is 20.3 Å². The molecule has 0 spiro atoms. The average molecular weight is 258 g/mol. The Labute approximate surface area is 114 Å². The zero-order chi connectivity index (χ0) is 13.7. The van der Waals surface area contributed by atoms with Crippen molar-refractivity contribution in [3.05, 3.63) is 36.0 Å². The summed E-state index contributed by atoms with van der Waals surface area (Å²) in [7, 11) is 0. The predicted molar refractivity (Wildman–Crippen MR) is 77.8 cm³/mol. The van der Waals surface area contributed by atoms with Crippen LogP contribution in [0.4, 0.5) is 0 Å². The van der Waals surface area contributed by atoms with E-state index in [1.807, 2.05) is 10.9 Å². The fraction of sp³-hybridized carbons (Fsp3) is 0.467. The predicted octanol–water partition coefficient (Wildman–Crippen LogP) is 3.03. The van der Waals surface area contributed by atoms with Crippen molar-refractivity contribution in [3.8, 4) is 11.3 Å². The Morgan fingerprint density at radius 1 is 1.21 bits per heavy atom. The third-order valence-corrected chi connectivity index (χ3v) is 3.27. The van der Waals surface area contributed by atoms with Crippen molar-refractivity contribution in [3.63, 3.8) is 0 Å². The van der Waals surface area contributed by atoms with Crippen molar-refractivity contribution in [2.45, 2.75) is 39.8 Å². The van der Waals surface area contributed by atoms with Crippen molar-refractivity contribution in [2.24, 2.45) is 0 Å². The number of benzene rings is 1. The first-order chi connectivity index (χ1) is 9.26. The van der Waals surface area contributed by atoms with E-state index in [1.54, 1.807) is 0 Å². The smallest absolute Gasteiger partial charge is 0.0885 e. The van der Waals surface area contributed by atoms with Crippen LogP contribution in [-0.2, 0) is 6.54 Å². The topological polar surface area (TPSA) is 42.7 Å². The van der Waals surface area contributed by atoms with Gasteiger partial charge in [0.2, 0.25) is 0 Å². The zero-order valence-corrected chi connectivity index (χ0v) is 11.9. The molecule has 0 aliphatic carbocycles. The summed E-state index contributed by atoms with van der Waals surface area (Å²) in [5.41, 5.74) is 3.57. The Balaban J connectivity index is 2.20. The molecule has 4 nitrogen and oxygen atoms in total. The minimum atomic E-state index is 0.387. The molecule has 4 heteroatoms. The van der Waals surface area contributed by atoms with Crippen LogP contribution in [0.2, 0.25) is 0 Å². The summed E-state index contributed by atoms with van der Waals surface area (Å²) in [5.74, 6) is 0. The van der Waals surface area contributed by atoms with E-state index in [0.717, 1.165) is 25.2 Å². The second kappa shape index (κ2) is 6.48. The van der Waals surface area contributed by atoms with Crippen molar-refractivity contribution in [2.75, 3.05) is 6.54 Å². The molecule has 0 radical (unpaired) electrons. The van der Waals surface area contributed by atoms with Crippen LogP contribution >= 0.6 is 0 Å². The summed E-state index contributed by atoms with van der Waals surface area (Å²) in [4.78, 5) is 0. The fourth-order valence-corrected chi connectivity index (χ4v) is 2.22. The molecule has 1 atom stereocenters. The molecule has 0 aliphatic heterocycles. The molecule has 102 valence electrons. The van der Waals surface area contributed by atoms with E-state index in [9.17, 15) is 0 Å². The molecule has 2 rings (SSSR count). The summed E-state index contributed by atoms with van der Waals surface area (Å²) < 4.78 is 1.96. The van der Waals surface area contributed by atoms with E-state index in [2.05, 4.69) is 60.7 Å². The molecule has 0 saturated heterocycles. The van der Waals surface area contributed by atoms with Gasteiger partial charge < -0.3 is 5.32 Å². The molecule has 1 aromatic carbocycles. The van der Waals surface area contributed by atoms with Crippen LogP contribution in [-0.4, -0.2) is 21.5 Å². The molecule has 0 fully saturated rings. The van der Waals surface area contributed by atoms with Crippen LogP contribution in [0.1, 0.15) is 38.8 Å². The SMILES string of the molecule is CCCn1nncc1-c1ccc(C(C)NCC)cc1. The minimum absolute atomic E-state index is 0.387. The first kappa shape index (κ1) is 13.7. The highest BCUT2D eigenvalue weighted by molar-refractivity contribution is 5.58. The van der Waals surface area contributed by atoms with Gasteiger partial charge in [-0.05, 0) is 25.5 Å². The Morgan fingerprint density at radius 3 is 2.58 bits per heavy atom. The first-order valence-electron chi connectivity index (χ1n) is 6.98. The van der Waals surface area contributed by atoms with Crippen LogP contribution in [0.15, 0.2) is 30.5 Å². The van der Waals surface area contributed by atoms with Crippen LogP contribution in [0.5, 0.6) is 0 Å². The van der Waals surface area contributed by atoms with E-state index in [0.29, 0.717) is 6.04 Å². The maximum atomic E-state index is 4.12. The van der Waals surface area contributed by atoms with Gasteiger partial charge in [0.05, 0.1) is 11.9 Å². The highest BCUT2D eigenvalue weighted by atomic mass is 15.4. The largest absolute Gasteiger partial charge is 0.310 e. The molecule has 2 aromatic rings. The van der Waals surface area contributed by atoms with Crippen LogP contribution in [0.3, 0.4) is 0 Å². The minimum Gasteiger partial charge on any atom is -0.310 e. The van der Waals surface area contributed by atoms with E-state index >= 15 is 0 Å². The summed E-state index contributed by atoms with van der Waals surface area (Å²) in [6, 6.07) is 9.03. The number of hydrogen-bond acceptors (Lipinski definition) is 3. The standard InChI is InChI=1S/C15H22N4/c1-4-10-19-15(11-17-18-19)14-8-6-13(7-9-14)12(3)16-5-2/h6-9,11-12,16H,4-5,10H2,1-3H3. The lowest BCUT2D eigenvalue weighted by atomic mass is 10.0. The van der Waals surface area contributed by atoms with Gasteiger partial charge in [-0.15, -0.1) is 5.10 Å². The molecule has 0 amide bonds. The van der Waals surface area contributed by atoms with E-state index in [4.69, 9.17) is 0 Å². The Hall–Kier alpha value is -1.68. The molecule has 1 unspecified atom stereocenters. The number of aryl methyl sites for hydroxylation is 1. The maximum absolute atomic E-state index is 4.12. The highest BCUT2D eigenvalue weighted by Gasteiger charge is 2.08.